The minimum Gasteiger partial charge on any atom is -0.337 e. The normalized spacial score (nSPS) is 26.7. The molecule has 1 aromatic carbocycles. The maximum atomic E-state index is 12.7. The fourth-order valence-electron chi connectivity index (χ4n) is 3.88. The summed E-state index contributed by atoms with van der Waals surface area (Å²) in [5.74, 6) is 0.981. The Hall–Kier alpha value is -1.99. The molecular weight excluding hydrogens is 314 g/mol. The molecular formula is C16H17N3O3S. The topological polar surface area (TPSA) is 89.5 Å². The Balaban J connectivity index is 1.59. The Morgan fingerprint density at radius 2 is 2.13 bits per heavy atom. The van der Waals surface area contributed by atoms with E-state index in [2.05, 4.69) is 0 Å². The SMILES string of the molecule is NC1CCC2CN(C(=O)c3cc4cc([N+](=O)[O-])ccc4s3)CC12. The first-order valence-electron chi connectivity index (χ1n) is 7.76. The van der Waals surface area contributed by atoms with Crippen LogP contribution in [0.5, 0.6) is 0 Å². The summed E-state index contributed by atoms with van der Waals surface area (Å²) in [7, 11) is 0. The number of hydrogen-bond acceptors (Lipinski definition) is 5. The number of nitrogens with zero attached hydrogens (tertiary/aromatic N) is 2. The second kappa shape index (κ2) is 5.28. The van der Waals surface area contributed by atoms with Gasteiger partial charge in [-0.2, -0.15) is 0 Å². The molecule has 0 radical (unpaired) electrons. The first kappa shape index (κ1) is 14.6. The molecule has 2 heterocycles. The Morgan fingerprint density at radius 1 is 1.30 bits per heavy atom. The van der Waals surface area contributed by atoms with E-state index in [1.807, 2.05) is 4.90 Å². The van der Waals surface area contributed by atoms with Crippen LogP contribution in [0.4, 0.5) is 5.69 Å². The molecule has 3 unspecified atom stereocenters. The number of hydrogen-bond donors (Lipinski definition) is 1. The third-order valence-corrected chi connectivity index (χ3v) is 6.23. The molecule has 1 aliphatic carbocycles. The molecule has 2 aliphatic rings. The summed E-state index contributed by atoms with van der Waals surface area (Å²) < 4.78 is 0.898. The van der Waals surface area contributed by atoms with E-state index in [9.17, 15) is 14.9 Å². The number of amides is 1. The standard InChI is InChI=1S/C16H17N3O3S/c17-13-3-1-9-7-18(8-12(9)13)16(20)15-6-10-5-11(19(21)22)2-4-14(10)23-15/h2,4-6,9,12-13H,1,3,7-8,17H2. The van der Waals surface area contributed by atoms with Gasteiger partial charge >= 0.3 is 0 Å². The zero-order valence-electron chi connectivity index (χ0n) is 12.5. The number of carbonyl (C=O) groups is 1. The zero-order valence-corrected chi connectivity index (χ0v) is 13.3. The molecule has 3 atom stereocenters. The fourth-order valence-corrected chi connectivity index (χ4v) is 4.89. The van der Waals surface area contributed by atoms with Crippen molar-refractivity contribution in [3.05, 3.63) is 39.3 Å². The number of nitro groups is 1. The van der Waals surface area contributed by atoms with E-state index in [-0.39, 0.29) is 17.6 Å². The fraction of sp³-hybridized carbons (Fsp3) is 0.438. The molecule has 1 aliphatic heterocycles. The molecule has 0 spiro atoms. The zero-order chi connectivity index (χ0) is 16.1. The summed E-state index contributed by atoms with van der Waals surface area (Å²) in [5, 5.41) is 11.6. The molecule has 120 valence electrons. The van der Waals surface area contributed by atoms with Gasteiger partial charge in [-0.05, 0) is 36.8 Å². The predicted octanol–water partition coefficient (Wildman–Crippen LogP) is 2.62. The minimum absolute atomic E-state index is 0.0236. The van der Waals surface area contributed by atoms with Gasteiger partial charge < -0.3 is 10.6 Å². The summed E-state index contributed by atoms with van der Waals surface area (Å²) in [6.45, 7) is 1.52. The van der Waals surface area contributed by atoms with Crippen LogP contribution in [-0.2, 0) is 0 Å². The van der Waals surface area contributed by atoms with E-state index >= 15 is 0 Å². The number of thiophene rings is 1. The number of non-ortho nitro benzene ring substituents is 1. The van der Waals surface area contributed by atoms with Crippen LogP contribution < -0.4 is 5.73 Å². The van der Waals surface area contributed by atoms with Gasteiger partial charge in [0.2, 0.25) is 0 Å². The van der Waals surface area contributed by atoms with E-state index in [0.29, 0.717) is 16.7 Å². The summed E-state index contributed by atoms with van der Waals surface area (Å²) in [4.78, 5) is 25.7. The van der Waals surface area contributed by atoms with Gasteiger partial charge in [0.25, 0.3) is 11.6 Å². The van der Waals surface area contributed by atoms with Gasteiger partial charge in [0.15, 0.2) is 0 Å². The molecule has 0 bridgehead atoms. The molecule has 1 saturated heterocycles. The van der Waals surface area contributed by atoms with Crippen molar-refractivity contribution in [3.63, 3.8) is 0 Å². The predicted molar refractivity (Wildman–Crippen MR) is 88.6 cm³/mol. The average molecular weight is 331 g/mol. The van der Waals surface area contributed by atoms with E-state index in [4.69, 9.17) is 5.73 Å². The number of rotatable bonds is 2. The quantitative estimate of drug-likeness (QED) is 0.676. The van der Waals surface area contributed by atoms with Crippen LogP contribution in [0.15, 0.2) is 24.3 Å². The molecule has 1 saturated carbocycles. The maximum absolute atomic E-state index is 12.7. The minimum atomic E-state index is -0.415. The molecule has 2 fully saturated rings. The number of nitro benzene ring substituents is 1. The van der Waals surface area contributed by atoms with E-state index < -0.39 is 4.92 Å². The molecule has 23 heavy (non-hydrogen) atoms. The summed E-state index contributed by atoms with van der Waals surface area (Å²) in [5.41, 5.74) is 6.18. The second-order valence-corrected chi connectivity index (χ2v) is 7.55. The van der Waals surface area contributed by atoms with Crippen molar-refractivity contribution in [2.45, 2.75) is 18.9 Å². The van der Waals surface area contributed by atoms with Gasteiger partial charge in [-0.3, -0.25) is 14.9 Å². The first-order chi connectivity index (χ1) is 11.0. The van der Waals surface area contributed by atoms with Crippen LogP contribution in [0, 0.1) is 22.0 Å². The molecule has 7 heteroatoms. The van der Waals surface area contributed by atoms with Crippen molar-refractivity contribution < 1.29 is 9.72 Å². The lowest BCUT2D eigenvalue weighted by molar-refractivity contribution is -0.384. The number of carbonyl (C=O) groups excluding carboxylic acids is 1. The highest BCUT2D eigenvalue weighted by atomic mass is 32.1. The van der Waals surface area contributed by atoms with Crippen molar-refractivity contribution >= 4 is 33.0 Å². The maximum Gasteiger partial charge on any atom is 0.270 e. The molecule has 2 aromatic rings. The van der Waals surface area contributed by atoms with Gasteiger partial charge in [0, 0.05) is 41.4 Å². The lowest BCUT2D eigenvalue weighted by Gasteiger charge is -2.17. The molecule has 6 nitrogen and oxygen atoms in total. The largest absolute Gasteiger partial charge is 0.337 e. The molecule has 2 N–H and O–H groups in total. The van der Waals surface area contributed by atoms with E-state index in [0.717, 1.165) is 36.0 Å². The third-order valence-electron chi connectivity index (χ3n) is 5.12. The van der Waals surface area contributed by atoms with Gasteiger partial charge in [-0.25, -0.2) is 0 Å². The van der Waals surface area contributed by atoms with Crippen LogP contribution in [0.2, 0.25) is 0 Å². The number of fused-ring (bicyclic) bond motifs is 2. The van der Waals surface area contributed by atoms with Gasteiger partial charge in [-0.1, -0.05) is 0 Å². The Kier molecular flexibility index (Phi) is 3.35. The van der Waals surface area contributed by atoms with Crippen molar-refractivity contribution in [1.29, 1.82) is 0 Å². The smallest absolute Gasteiger partial charge is 0.270 e. The number of nitrogens with two attached hydrogens (primary N) is 1. The van der Waals surface area contributed by atoms with Gasteiger partial charge in [0.05, 0.1) is 9.80 Å². The van der Waals surface area contributed by atoms with E-state index in [1.165, 1.54) is 23.5 Å². The van der Waals surface area contributed by atoms with Crippen molar-refractivity contribution in [1.82, 2.24) is 4.90 Å². The summed E-state index contributed by atoms with van der Waals surface area (Å²) in [6, 6.07) is 6.69. The van der Waals surface area contributed by atoms with Gasteiger partial charge in [0.1, 0.15) is 0 Å². The highest BCUT2D eigenvalue weighted by Crippen LogP contribution is 2.38. The van der Waals surface area contributed by atoms with Crippen LogP contribution >= 0.6 is 11.3 Å². The highest BCUT2D eigenvalue weighted by molar-refractivity contribution is 7.20. The van der Waals surface area contributed by atoms with Crippen molar-refractivity contribution in [2.24, 2.45) is 17.6 Å². The molecule has 4 rings (SSSR count). The molecule has 1 amide bonds. The van der Waals surface area contributed by atoms with E-state index in [1.54, 1.807) is 12.1 Å². The van der Waals surface area contributed by atoms with Crippen LogP contribution in [-0.4, -0.2) is 34.9 Å². The van der Waals surface area contributed by atoms with Crippen LogP contribution in [0.3, 0.4) is 0 Å². The van der Waals surface area contributed by atoms with Gasteiger partial charge in [-0.15, -0.1) is 11.3 Å². The lowest BCUT2D eigenvalue weighted by Crippen LogP contribution is -2.33. The number of likely N-dealkylation sites (tertiary alicyclic amines) is 1. The average Bonchev–Trinajstić information content (AvgIpc) is 3.21. The monoisotopic (exact) mass is 331 g/mol. The number of benzene rings is 1. The second-order valence-electron chi connectivity index (χ2n) is 6.47. The van der Waals surface area contributed by atoms with Crippen LogP contribution in [0.1, 0.15) is 22.5 Å². The third kappa shape index (κ3) is 2.40. The van der Waals surface area contributed by atoms with Crippen LogP contribution in [0.25, 0.3) is 10.1 Å². The highest BCUT2D eigenvalue weighted by Gasteiger charge is 2.42. The van der Waals surface area contributed by atoms with Crippen molar-refractivity contribution in [2.75, 3.05) is 13.1 Å². The van der Waals surface area contributed by atoms with Crippen molar-refractivity contribution in [3.8, 4) is 0 Å². The summed E-state index contributed by atoms with van der Waals surface area (Å²) >= 11 is 1.40. The Labute approximate surface area is 137 Å². The Bertz CT molecular complexity index is 803. The first-order valence-corrected chi connectivity index (χ1v) is 8.57. The summed E-state index contributed by atoms with van der Waals surface area (Å²) in [6.07, 6.45) is 2.16. The lowest BCUT2D eigenvalue weighted by atomic mass is 9.98. The molecule has 1 aromatic heterocycles. The Morgan fingerprint density at radius 3 is 2.87 bits per heavy atom.